The van der Waals surface area contributed by atoms with Gasteiger partial charge in [-0.15, -0.1) is 0 Å². The molecule has 0 aliphatic heterocycles. The average molecular weight is 370 g/mol. The summed E-state index contributed by atoms with van der Waals surface area (Å²) in [5.41, 5.74) is 3.36. The molecule has 0 bridgehead atoms. The Bertz CT molecular complexity index is 832. The van der Waals surface area contributed by atoms with Crippen molar-refractivity contribution >= 4 is 41.0 Å². The summed E-state index contributed by atoms with van der Waals surface area (Å²) in [6.45, 7) is 2.86. The fourth-order valence-corrected chi connectivity index (χ4v) is 2.51. The molecule has 0 saturated carbocycles. The van der Waals surface area contributed by atoms with E-state index in [0.29, 0.717) is 21.3 Å². The molecule has 0 radical (unpaired) electrons. The lowest BCUT2D eigenvalue weighted by atomic mass is 10.2. The molecule has 1 heterocycles. The number of rotatable bonds is 5. The maximum absolute atomic E-state index is 11.9. The third kappa shape index (κ3) is 4.09. The molecule has 0 unspecified atom stereocenters. The number of halogens is 2. The Morgan fingerprint density at radius 2 is 2.17 bits per heavy atom. The standard InChI is InChI=1S/C14H13Cl2N5O3/c1-8-14(21(23)24)9(2)20(19-8)7-13(22)18-17-6-10-3-4-11(15)5-12(10)16/h3-6H,7H2,1-2H3,(H,18,22)/b17-6+. The summed E-state index contributed by atoms with van der Waals surface area (Å²) in [7, 11) is 0. The summed E-state index contributed by atoms with van der Waals surface area (Å²) in [5.74, 6) is -0.475. The molecule has 0 saturated heterocycles. The normalized spacial score (nSPS) is 11.0. The molecular formula is C14H13Cl2N5O3. The molecule has 1 amide bonds. The lowest BCUT2D eigenvalue weighted by Crippen LogP contribution is -2.24. The van der Waals surface area contributed by atoms with E-state index in [0.717, 1.165) is 0 Å². The highest BCUT2D eigenvalue weighted by molar-refractivity contribution is 6.36. The van der Waals surface area contributed by atoms with Gasteiger partial charge in [0, 0.05) is 10.6 Å². The summed E-state index contributed by atoms with van der Waals surface area (Å²) in [5, 5.41) is 19.6. The van der Waals surface area contributed by atoms with Crippen molar-refractivity contribution in [2.24, 2.45) is 5.10 Å². The van der Waals surface area contributed by atoms with Crippen LogP contribution in [0, 0.1) is 24.0 Å². The number of nitro groups is 1. The number of hydrogen-bond donors (Lipinski definition) is 1. The lowest BCUT2D eigenvalue weighted by molar-refractivity contribution is -0.386. The first kappa shape index (κ1) is 17.9. The van der Waals surface area contributed by atoms with Crippen molar-refractivity contribution in [1.29, 1.82) is 0 Å². The Kier molecular flexibility index (Phi) is 5.53. The van der Waals surface area contributed by atoms with Crippen molar-refractivity contribution in [2.75, 3.05) is 0 Å². The Hall–Kier alpha value is -2.45. The van der Waals surface area contributed by atoms with E-state index < -0.39 is 10.8 Å². The van der Waals surface area contributed by atoms with Crippen LogP contribution in [-0.2, 0) is 11.3 Å². The predicted octanol–water partition coefficient (Wildman–Crippen LogP) is 2.87. The summed E-state index contributed by atoms with van der Waals surface area (Å²) in [4.78, 5) is 22.3. The zero-order valence-corrected chi connectivity index (χ0v) is 14.3. The fraction of sp³-hybridized carbons (Fsp3) is 0.214. The number of hydrogen-bond acceptors (Lipinski definition) is 5. The van der Waals surface area contributed by atoms with Gasteiger partial charge in [0.25, 0.3) is 5.91 Å². The van der Waals surface area contributed by atoms with E-state index in [2.05, 4.69) is 15.6 Å². The van der Waals surface area contributed by atoms with Gasteiger partial charge < -0.3 is 0 Å². The first-order valence-electron chi connectivity index (χ1n) is 6.75. The van der Waals surface area contributed by atoms with Gasteiger partial charge in [-0.1, -0.05) is 29.3 Å². The molecular weight excluding hydrogens is 357 g/mol. The minimum Gasteiger partial charge on any atom is -0.271 e. The number of amides is 1. The van der Waals surface area contributed by atoms with E-state index in [1.807, 2.05) is 0 Å². The van der Waals surface area contributed by atoms with Crippen LogP contribution >= 0.6 is 23.2 Å². The zero-order valence-electron chi connectivity index (χ0n) is 12.8. The Balaban J connectivity index is 2.02. The number of nitrogens with zero attached hydrogens (tertiary/aromatic N) is 4. The van der Waals surface area contributed by atoms with Crippen LogP contribution in [0.3, 0.4) is 0 Å². The van der Waals surface area contributed by atoms with Crippen LogP contribution < -0.4 is 5.43 Å². The molecule has 1 aromatic heterocycles. The van der Waals surface area contributed by atoms with Gasteiger partial charge in [0.05, 0.1) is 16.2 Å². The van der Waals surface area contributed by atoms with Crippen molar-refractivity contribution in [3.05, 3.63) is 55.3 Å². The summed E-state index contributed by atoms with van der Waals surface area (Å²) in [6, 6.07) is 4.86. The number of nitrogens with one attached hydrogen (secondary N) is 1. The molecule has 1 aromatic carbocycles. The smallest absolute Gasteiger partial charge is 0.271 e. The van der Waals surface area contributed by atoms with Gasteiger partial charge in [-0.25, -0.2) is 5.43 Å². The molecule has 0 aliphatic carbocycles. The number of hydrazone groups is 1. The van der Waals surface area contributed by atoms with Crippen molar-refractivity contribution in [1.82, 2.24) is 15.2 Å². The molecule has 2 aromatic rings. The quantitative estimate of drug-likeness (QED) is 0.497. The van der Waals surface area contributed by atoms with E-state index in [4.69, 9.17) is 23.2 Å². The third-order valence-corrected chi connectivity index (χ3v) is 3.74. The lowest BCUT2D eigenvalue weighted by Gasteiger charge is -2.02. The van der Waals surface area contributed by atoms with E-state index in [1.54, 1.807) is 18.2 Å². The molecule has 2 rings (SSSR count). The number of carbonyl (C=O) groups is 1. The zero-order chi connectivity index (χ0) is 17.9. The second-order valence-electron chi connectivity index (χ2n) is 4.89. The number of benzene rings is 1. The van der Waals surface area contributed by atoms with Crippen LogP contribution in [0.4, 0.5) is 5.69 Å². The Morgan fingerprint density at radius 1 is 1.46 bits per heavy atom. The van der Waals surface area contributed by atoms with E-state index >= 15 is 0 Å². The maximum atomic E-state index is 11.9. The summed E-state index contributed by atoms with van der Waals surface area (Å²) < 4.78 is 1.26. The highest BCUT2D eigenvalue weighted by Gasteiger charge is 2.22. The van der Waals surface area contributed by atoms with Crippen LogP contribution in [0.15, 0.2) is 23.3 Å². The third-order valence-electron chi connectivity index (χ3n) is 3.17. The molecule has 0 spiro atoms. The van der Waals surface area contributed by atoms with Crippen molar-refractivity contribution in [3.63, 3.8) is 0 Å². The monoisotopic (exact) mass is 369 g/mol. The largest absolute Gasteiger partial charge is 0.312 e. The Labute approximate surface area is 147 Å². The van der Waals surface area contributed by atoms with Gasteiger partial charge >= 0.3 is 5.69 Å². The maximum Gasteiger partial charge on any atom is 0.312 e. The van der Waals surface area contributed by atoms with Crippen molar-refractivity contribution < 1.29 is 9.72 Å². The van der Waals surface area contributed by atoms with E-state index in [9.17, 15) is 14.9 Å². The molecule has 126 valence electrons. The number of aryl methyl sites for hydroxylation is 1. The second kappa shape index (κ2) is 7.41. The molecule has 1 N–H and O–H groups in total. The minimum atomic E-state index is -0.521. The number of aromatic nitrogens is 2. The molecule has 0 aliphatic rings. The van der Waals surface area contributed by atoms with Crippen LogP contribution in [0.25, 0.3) is 0 Å². The van der Waals surface area contributed by atoms with Gasteiger partial charge in [0.15, 0.2) is 0 Å². The number of carbonyl (C=O) groups excluding carboxylic acids is 1. The fourth-order valence-electron chi connectivity index (χ4n) is 2.06. The highest BCUT2D eigenvalue weighted by atomic mass is 35.5. The van der Waals surface area contributed by atoms with Gasteiger partial charge in [-0.2, -0.15) is 10.2 Å². The van der Waals surface area contributed by atoms with Gasteiger partial charge in [-0.3, -0.25) is 19.6 Å². The van der Waals surface area contributed by atoms with Crippen LogP contribution in [0.5, 0.6) is 0 Å². The van der Waals surface area contributed by atoms with Gasteiger partial charge in [0.1, 0.15) is 17.9 Å². The van der Waals surface area contributed by atoms with E-state index in [1.165, 1.54) is 24.7 Å². The Morgan fingerprint density at radius 3 is 2.75 bits per heavy atom. The summed E-state index contributed by atoms with van der Waals surface area (Å²) >= 11 is 11.8. The van der Waals surface area contributed by atoms with Gasteiger partial charge in [0.2, 0.25) is 0 Å². The van der Waals surface area contributed by atoms with Crippen LogP contribution in [0.2, 0.25) is 10.0 Å². The molecule has 8 nitrogen and oxygen atoms in total. The first-order chi connectivity index (χ1) is 11.3. The van der Waals surface area contributed by atoms with Gasteiger partial charge in [-0.05, 0) is 26.0 Å². The highest BCUT2D eigenvalue weighted by Crippen LogP contribution is 2.21. The van der Waals surface area contributed by atoms with Crippen LogP contribution in [-0.4, -0.2) is 26.8 Å². The minimum absolute atomic E-state index is 0.0979. The molecule has 0 fully saturated rings. The van der Waals surface area contributed by atoms with Crippen molar-refractivity contribution in [2.45, 2.75) is 20.4 Å². The topological polar surface area (TPSA) is 102 Å². The van der Waals surface area contributed by atoms with E-state index in [-0.39, 0.29) is 17.9 Å². The molecule has 0 atom stereocenters. The first-order valence-corrected chi connectivity index (χ1v) is 7.50. The summed E-state index contributed by atoms with van der Waals surface area (Å²) in [6.07, 6.45) is 1.38. The molecule has 24 heavy (non-hydrogen) atoms. The predicted molar refractivity (Wildman–Crippen MR) is 90.6 cm³/mol. The molecule has 10 heteroatoms. The average Bonchev–Trinajstić information content (AvgIpc) is 2.75. The van der Waals surface area contributed by atoms with Crippen molar-refractivity contribution in [3.8, 4) is 0 Å². The SMILES string of the molecule is Cc1nn(CC(=O)N/N=C/c2ccc(Cl)cc2Cl)c(C)c1[N+](=O)[O-]. The second-order valence-corrected chi connectivity index (χ2v) is 5.74. The van der Waals surface area contributed by atoms with Crippen LogP contribution in [0.1, 0.15) is 17.0 Å².